The second-order valence-corrected chi connectivity index (χ2v) is 3.86. The molecule has 1 N–H and O–H groups in total. The third-order valence-electron chi connectivity index (χ3n) is 2.53. The zero-order valence-electron chi connectivity index (χ0n) is 8.88. The van der Waals surface area contributed by atoms with E-state index in [1.165, 1.54) is 32.5 Å². The maximum atomic E-state index is 5.02. The van der Waals surface area contributed by atoms with E-state index in [0.717, 1.165) is 13.2 Å². The van der Waals surface area contributed by atoms with E-state index in [1.807, 2.05) is 0 Å². The van der Waals surface area contributed by atoms with Crippen molar-refractivity contribution in [1.82, 2.24) is 10.2 Å². The Kier molecular flexibility index (Phi) is 5.35. The van der Waals surface area contributed by atoms with Gasteiger partial charge in [-0.3, -0.25) is 0 Å². The van der Waals surface area contributed by atoms with Crippen LogP contribution >= 0.6 is 0 Å². The first-order chi connectivity index (χ1) is 6.33. The van der Waals surface area contributed by atoms with Crippen LogP contribution in [0.1, 0.15) is 19.8 Å². The average Bonchev–Trinajstić information content (AvgIpc) is 2.13. The SMILES string of the molecule is COCCCCN1CCN[C@@H](C)C1. The zero-order valence-corrected chi connectivity index (χ0v) is 8.88. The lowest BCUT2D eigenvalue weighted by atomic mass is 10.2. The molecule has 0 unspecified atom stereocenters. The molecule has 0 spiro atoms. The van der Waals surface area contributed by atoms with E-state index < -0.39 is 0 Å². The summed E-state index contributed by atoms with van der Waals surface area (Å²) in [7, 11) is 1.77. The van der Waals surface area contributed by atoms with E-state index >= 15 is 0 Å². The lowest BCUT2D eigenvalue weighted by Crippen LogP contribution is -2.49. The van der Waals surface area contributed by atoms with Crippen molar-refractivity contribution in [2.45, 2.75) is 25.8 Å². The van der Waals surface area contributed by atoms with Gasteiger partial charge in [0, 0.05) is 39.4 Å². The monoisotopic (exact) mass is 186 g/mol. The minimum absolute atomic E-state index is 0.663. The van der Waals surface area contributed by atoms with Crippen LogP contribution < -0.4 is 5.32 Å². The van der Waals surface area contributed by atoms with Crippen molar-refractivity contribution in [1.29, 1.82) is 0 Å². The molecule has 78 valence electrons. The summed E-state index contributed by atoms with van der Waals surface area (Å²) in [6.07, 6.45) is 2.45. The van der Waals surface area contributed by atoms with Gasteiger partial charge in [-0.2, -0.15) is 0 Å². The minimum Gasteiger partial charge on any atom is -0.385 e. The van der Waals surface area contributed by atoms with Gasteiger partial charge in [0.15, 0.2) is 0 Å². The molecule has 3 nitrogen and oxygen atoms in total. The third-order valence-corrected chi connectivity index (χ3v) is 2.53. The Morgan fingerprint density at radius 2 is 2.31 bits per heavy atom. The number of nitrogens with one attached hydrogen (secondary N) is 1. The molecule has 0 radical (unpaired) electrons. The van der Waals surface area contributed by atoms with Crippen LogP contribution in [-0.4, -0.2) is 50.8 Å². The van der Waals surface area contributed by atoms with Crippen LogP contribution in [0.4, 0.5) is 0 Å². The maximum absolute atomic E-state index is 5.02. The third kappa shape index (κ3) is 4.60. The van der Waals surface area contributed by atoms with Gasteiger partial charge in [-0.1, -0.05) is 0 Å². The van der Waals surface area contributed by atoms with E-state index in [9.17, 15) is 0 Å². The summed E-state index contributed by atoms with van der Waals surface area (Å²) in [5.74, 6) is 0. The molecule has 0 saturated carbocycles. The Labute approximate surface area is 81.4 Å². The van der Waals surface area contributed by atoms with Crippen LogP contribution in [0.15, 0.2) is 0 Å². The molecule has 0 bridgehead atoms. The summed E-state index contributed by atoms with van der Waals surface area (Å²) in [6, 6.07) is 0.663. The fourth-order valence-corrected chi connectivity index (χ4v) is 1.80. The minimum atomic E-state index is 0.663. The van der Waals surface area contributed by atoms with Crippen LogP contribution in [0.3, 0.4) is 0 Å². The molecule has 0 aromatic carbocycles. The molecular formula is C10H22N2O. The molecule has 1 rings (SSSR count). The number of ether oxygens (including phenoxy) is 1. The van der Waals surface area contributed by atoms with Gasteiger partial charge in [-0.25, -0.2) is 0 Å². The van der Waals surface area contributed by atoms with Crippen molar-refractivity contribution in [2.24, 2.45) is 0 Å². The van der Waals surface area contributed by atoms with Crippen molar-refractivity contribution in [3.63, 3.8) is 0 Å². The Balaban J connectivity index is 2.00. The molecular weight excluding hydrogens is 164 g/mol. The van der Waals surface area contributed by atoms with Crippen LogP contribution in [0.5, 0.6) is 0 Å². The predicted octanol–water partition coefficient (Wildman–Crippen LogP) is 0.707. The standard InChI is InChI=1S/C10H22N2O/c1-10-9-12(7-5-11-10)6-3-4-8-13-2/h10-11H,3-9H2,1-2H3/t10-/m0/s1. The fraction of sp³-hybridized carbons (Fsp3) is 1.00. The van der Waals surface area contributed by atoms with Crippen LogP contribution in [0.25, 0.3) is 0 Å². The summed E-state index contributed by atoms with van der Waals surface area (Å²) in [4.78, 5) is 2.54. The topological polar surface area (TPSA) is 24.5 Å². The Morgan fingerprint density at radius 1 is 1.46 bits per heavy atom. The van der Waals surface area contributed by atoms with Crippen molar-refractivity contribution in [3.05, 3.63) is 0 Å². The largest absolute Gasteiger partial charge is 0.385 e. The number of methoxy groups -OCH3 is 1. The fourth-order valence-electron chi connectivity index (χ4n) is 1.80. The summed E-state index contributed by atoms with van der Waals surface area (Å²) < 4.78 is 5.02. The Hall–Kier alpha value is -0.120. The average molecular weight is 186 g/mol. The molecule has 13 heavy (non-hydrogen) atoms. The molecule has 0 aliphatic carbocycles. The number of nitrogens with zero attached hydrogens (tertiary/aromatic N) is 1. The van der Waals surface area contributed by atoms with Gasteiger partial charge in [0.2, 0.25) is 0 Å². The normalized spacial score (nSPS) is 24.9. The van der Waals surface area contributed by atoms with Crippen LogP contribution in [0.2, 0.25) is 0 Å². The number of rotatable bonds is 5. The van der Waals surface area contributed by atoms with E-state index in [2.05, 4.69) is 17.1 Å². The summed E-state index contributed by atoms with van der Waals surface area (Å²) in [6.45, 7) is 7.94. The molecule has 1 heterocycles. The molecule has 1 saturated heterocycles. The number of piperazine rings is 1. The highest BCUT2D eigenvalue weighted by Crippen LogP contribution is 2.01. The smallest absolute Gasteiger partial charge is 0.0462 e. The van der Waals surface area contributed by atoms with Crippen molar-refractivity contribution >= 4 is 0 Å². The van der Waals surface area contributed by atoms with Gasteiger partial charge in [0.1, 0.15) is 0 Å². The van der Waals surface area contributed by atoms with Gasteiger partial charge in [0.05, 0.1) is 0 Å². The van der Waals surface area contributed by atoms with Gasteiger partial charge in [-0.05, 0) is 26.3 Å². The predicted molar refractivity (Wildman–Crippen MR) is 55.0 cm³/mol. The van der Waals surface area contributed by atoms with Gasteiger partial charge in [0.25, 0.3) is 0 Å². The number of unbranched alkanes of at least 4 members (excludes halogenated alkanes) is 1. The highest BCUT2D eigenvalue weighted by molar-refractivity contribution is 4.74. The molecule has 3 heteroatoms. The van der Waals surface area contributed by atoms with E-state index in [0.29, 0.717) is 6.04 Å². The molecule has 0 aromatic rings. The highest BCUT2D eigenvalue weighted by Gasteiger charge is 2.14. The summed E-state index contributed by atoms with van der Waals surface area (Å²) in [5, 5.41) is 3.45. The Morgan fingerprint density at radius 3 is 3.00 bits per heavy atom. The first-order valence-electron chi connectivity index (χ1n) is 5.27. The molecule has 0 amide bonds. The molecule has 0 aromatic heterocycles. The lowest BCUT2D eigenvalue weighted by Gasteiger charge is -2.31. The summed E-state index contributed by atoms with van der Waals surface area (Å²) >= 11 is 0. The molecule has 1 aliphatic rings. The van der Waals surface area contributed by atoms with Crippen LogP contribution in [-0.2, 0) is 4.74 Å². The van der Waals surface area contributed by atoms with Crippen LogP contribution in [0, 0.1) is 0 Å². The van der Waals surface area contributed by atoms with Gasteiger partial charge < -0.3 is 15.0 Å². The quantitative estimate of drug-likeness (QED) is 0.640. The van der Waals surface area contributed by atoms with E-state index in [-0.39, 0.29) is 0 Å². The van der Waals surface area contributed by atoms with Gasteiger partial charge >= 0.3 is 0 Å². The zero-order chi connectivity index (χ0) is 9.52. The molecule has 1 atom stereocenters. The Bertz CT molecular complexity index is 130. The second-order valence-electron chi connectivity index (χ2n) is 3.86. The molecule has 1 fully saturated rings. The van der Waals surface area contributed by atoms with Crippen molar-refractivity contribution in [2.75, 3.05) is 39.9 Å². The van der Waals surface area contributed by atoms with E-state index in [4.69, 9.17) is 4.74 Å². The first kappa shape index (κ1) is 11.0. The highest BCUT2D eigenvalue weighted by atomic mass is 16.5. The molecule has 1 aliphatic heterocycles. The van der Waals surface area contributed by atoms with Gasteiger partial charge in [-0.15, -0.1) is 0 Å². The lowest BCUT2D eigenvalue weighted by molar-refractivity contribution is 0.172. The first-order valence-corrected chi connectivity index (χ1v) is 5.27. The second kappa shape index (κ2) is 6.35. The number of hydrogen-bond donors (Lipinski definition) is 1. The summed E-state index contributed by atoms with van der Waals surface area (Å²) in [5.41, 5.74) is 0. The maximum Gasteiger partial charge on any atom is 0.0462 e. The van der Waals surface area contributed by atoms with E-state index in [1.54, 1.807) is 7.11 Å². The van der Waals surface area contributed by atoms with Crippen molar-refractivity contribution < 1.29 is 4.74 Å². The number of hydrogen-bond acceptors (Lipinski definition) is 3. The van der Waals surface area contributed by atoms with Crippen molar-refractivity contribution in [3.8, 4) is 0 Å².